The summed E-state index contributed by atoms with van der Waals surface area (Å²) < 4.78 is 0.926. The minimum absolute atomic E-state index is 0.123. The molecule has 0 radical (unpaired) electrons. The number of likely N-dealkylation sites (tertiary alicyclic amines) is 1. The first-order valence-electron chi connectivity index (χ1n) is 6.50. The average molecular weight is 393 g/mol. The Kier molecular flexibility index (Phi) is 5.47. The molecule has 0 unspecified atom stereocenters. The zero-order valence-corrected chi connectivity index (χ0v) is 13.9. The Balaban J connectivity index is 1.99. The molecule has 1 heterocycles. The molecule has 104 valence electrons. The SMILES string of the molecule is CNCC1CCN(C(=O)c2ccc(Cl)c(I)c2)CC1. The summed E-state index contributed by atoms with van der Waals surface area (Å²) in [6.45, 7) is 2.75. The highest BCUT2D eigenvalue weighted by Crippen LogP contribution is 2.22. The number of amides is 1. The molecule has 0 atom stereocenters. The van der Waals surface area contributed by atoms with Crippen molar-refractivity contribution in [2.75, 3.05) is 26.7 Å². The summed E-state index contributed by atoms with van der Waals surface area (Å²) in [4.78, 5) is 14.3. The molecular formula is C14H18ClIN2O. The van der Waals surface area contributed by atoms with Crippen LogP contribution in [0, 0.1) is 9.49 Å². The van der Waals surface area contributed by atoms with Crippen molar-refractivity contribution in [2.45, 2.75) is 12.8 Å². The molecule has 0 aromatic heterocycles. The predicted molar refractivity (Wildman–Crippen MR) is 86.7 cm³/mol. The van der Waals surface area contributed by atoms with E-state index in [0.29, 0.717) is 10.9 Å². The van der Waals surface area contributed by atoms with Crippen molar-refractivity contribution < 1.29 is 4.79 Å². The number of benzene rings is 1. The van der Waals surface area contributed by atoms with Crippen LogP contribution in [0.5, 0.6) is 0 Å². The van der Waals surface area contributed by atoms with Gasteiger partial charge in [-0.3, -0.25) is 4.79 Å². The van der Waals surface area contributed by atoms with Crippen LogP contribution in [0.1, 0.15) is 23.2 Å². The first-order chi connectivity index (χ1) is 9.11. The summed E-state index contributed by atoms with van der Waals surface area (Å²) in [6.07, 6.45) is 2.16. The molecular weight excluding hydrogens is 375 g/mol. The van der Waals surface area contributed by atoms with Crippen LogP contribution in [0.15, 0.2) is 18.2 Å². The normalized spacial score (nSPS) is 16.7. The molecule has 3 nitrogen and oxygen atoms in total. The fourth-order valence-corrected chi connectivity index (χ4v) is 3.07. The smallest absolute Gasteiger partial charge is 0.253 e. The van der Waals surface area contributed by atoms with Gasteiger partial charge in [0.15, 0.2) is 0 Å². The topological polar surface area (TPSA) is 32.3 Å². The molecule has 1 aromatic rings. The van der Waals surface area contributed by atoms with E-state index in [2.05, 4.69) is 27.9 Å². The van der Waals surface area contributed by atoms with Gasteiger partial charge in [-0.05, 0) is 73.1 Å². The maximum atomic E-state index is 12.4. The van der Waals surface area contributed by atoms with E-state index >= 15 is 0 Å². The van der Waals surface area contributed by atoms with E-state index in [-0.39, 0.29) is 5.91 Å². The number of halogens is 2. The molecule has 1 aliphatic heterocycles. The molecule has 1 saturated heterocycles. The van der Waals surface area contributed by atoms with E-state index < -0.39 is 0 Å². The van der Waals surface area contributed by atoms with Crippen molar-refractivity contribution in [1.29, 1.82) is 0 Å². The van der Waals surface area contributed by atoms with Gasteiger partial charge in [0, 0.05) is 22.2 Å². The van der Waals surface area contributed by atoms with Crippen LogP contribution in [-0.2, 0) is 0 Å². The third-order valence-corrected chi connectivity index (χ3v) is 5.10. The second kappa shape index (κ2) is 6.90. The Bertz CT molecular complexity index is 459. The lowest BCUT2D eigenvalue weighted by Crippen LogP contribution is -2.40. The monoisotopic (exact) mass is 392 g/mol. The van der Waals surface area contributed by atoms with Gasteiger partial charge >= 0.3 is 0 Å². The van der Waals surface area contributed by atoms with Crippen LogP contribution in [0.4, 0.5) is 0 Å². The number of nitrogens with one attached hydrogen (secondary N) is 1. The highest BCUT2D eigenvalue weighted by atomic mass is 127. The standard InChI is InChI=1S/C14H18ClIN2O/c1-17-9-10-4-6-18(7-5-10)14(19)11-2-3-12(15)13(16)8-11/h2-3,8,10,17H,4-7,9H2,1H3. The van der Waals surface area contributed by atoms with Gasteiger partial charge in [-0.2, -0.15) is 0 Å². The van der Waals surface area contributed by atoms with Gasteiger partial charge < -0.3 is 10.2 Å². The van der Waals surface area contributed by atoms with Crippen molar-refractivity contribution >= 4 is 40.1 Å². The minimum atomic E-state index is 0.123. The molecule has 19 heavy (non-hydrogen) atoms. The summed E-state index contributed by atoms with van der Waals surface area (Å²) in [5.74, 6) is 0.817. The summed E-state index contributed by atoms with van der Waals surface area (Å²) in [7, 11) is 1.98. The molecule has 1 amide bonds. The summed E-state index contributed by atoms with van der Waals surface area (Å²) in [5, 5.41) is 3.91. The fraction of sp³-hybridized carbons (Fsp3) is 0.500. The van der Waals surface area contributed by atoms with Gasteiger partial charge in [0.2, 0.25) is 0 Å². The molecule has 0 spiro atoms. The molecule has 1 aliphatic rings. The third-order valence-electron chi connectivity index (χ3n) is 3.56. The summed E-state index contributed by atoms with van der Waals surface area (Å²) in [5.41, 5.74) is 0.737. The Morgan fingerprint density at radius 2 is 2.16 bits per heavy atom. The fourth-order valence-electron chi connectivity index (χ4n) is 2.44. The molecule has 0 saturated carbocycles. The zero-order valence-electron chi connectivity index (χ0n) is 11.0. The molecule has 5 heteroatoms. The van der Waals surface area contributed by atoms with E-state index in [0.717, 1.165) is 41.6 Å². The Morgan fingerprint density at radius 1 is 1.47 bits per heavy atom. The second-order valence-electron chi connectivity index (χ2n) is 4.92. The molecule has 0 aliphatic carbocycles. The first kappa shape index (κ1) is 15.1. The number of nitrogens with zero attached hydrogens (tertiary/aromatic N) is 1. The predicted octanol–water partition coefficient (Wildman–Crippen LogP) is 3.02. The molecule has 1 fully saturated rings. The van der Waals surface area contributed by atoms with Crippen LogP contribution in [0.25, 0.3) is 0 Å². The average Bonchev–Trinajstić information content (AvgIpc) is 2.42. The molecule has 1 aromatic carbocycles. The van der Waals surface area contributed by atoms with Crippen molar-refractivity contribution in [3.8, 4) is 0 Å². The van der Waals surface area contributed by atoms with Crippen LogP contribution in [0.2, 0.25) is 5.02 Å². The molecule has 1 N–H and O–H groups in total. The van der Waals surface area contributed by atoms with E-state index in [1.165, 1.54) is 0 Å². The Labute approximate surface area is 132 Å². The van der Waals surface area contributed by atoms with E-state index in [4.69, 9.17) is 11.6 Å². The van der Waals surface area contributed by atoms with Crippen molar-refractivity contribution in [1.82, 2.24) is 10.2 Å². The lowest BCUT2D eigenvalue weighted by atomic mass is 9.96. The van der Waals surface area contributed by atoms with Gasteiger partial charge in [0.1, 0.15) is 0 Å². The van der Waals surface area contributed by atoms with E-state index in [9.17, 15) is 4.79 Å². The lowest BCUT2D eigenvalue weighted by molar-refractivity contribution is 0.0691. The Hall–Kier alpha value is -0.330. The summed E-state index contributed by atoms with van der Waals surface area (Å²) >= 11 is 8.14. The van der Waals surface area contributed by atoms with Gasteiger partial charge in [-0.15, -0.1) is 0 Å². The second-order valence-corrected chi connectivity index (χ2v) is 6.49. The highest BCUT2D eigenvalue weighted by molar-refractivity contribution is 14.1. The molecule has 0 bridgehead atoms. The van der Waals surface area contributed by atoms with Gasteiger partial charge in [0.05, 0.1) is 5.02 Å². The number of hydrogen-bond acceptors (Lipinski definition) is 2. The minimum Gasteiger partial charge on any atom is -0.339 e. The van der Waals surface area contributed by atoms with Crippen molar-refractivity contribution in [3.63, 3.8) is 0 Å². The number of rotatable bonds is 3. The molecule has 2 rings (SSSR count). The maximum Gasteiger partial charge on any atom is 0.253 e. The van der Waals surface area contributed by atoms with Gasteiger partial charge in [-0.1, -0.05) is 11.6 Å². The largest absolute Gasteiger partial charge is 0.339 e. The number of piperidine rings is 1. The lowest BCUT2D eigenvalue weighted by Gasteiger charge is -2.32. The number of carbonyl (C=O) groups excluding carboxylic acids is 1. The van der Waals surface area contributed by atoms with Gasteiger partial charge in [-0.25, -0.2) is 0 Å². The van der Waals surface area contributed by atoms with Crippen LogP contribution < -0.4 is 5.32 Å². The zero-order chi connectivity index (χ0) is 13.8. The first-order valence-corrected chi connectivity index (χ1v) is 7.96. The van der Waals surface area contributed by atoms with Crippen LogP contribution >= 0.6 is 34.2 Å². The number of carbonyl (C=O) groups is 1. The van der Waals surface area contributed by atoms with Gasteiger partial charge in [0.25, 0.3) is 5.91 Å². The highest BCUT2D eigenvalue weighted by Gasteiger charge is 2.23. The maximum absolute atomic E-state index is 12.4. The van der Waals surface area contributed by atoms with Crippen LogP contribution in [0.3, 0.4) is 0 Å². The quantitative estimate of drug-likeness (QED) is 0.802. The van der Waals surface area contributed by atoms with Crippen molar-refractivity contribution in [3.05, 3.63) is 32.4 Å². The van der Waals surface area contributed by atoms with Crippen molar-refractivity contribution in [2.24, 2.45) is 5.92 Å². The Morgan fingerprint density at radius 3 is 2.74 bits per heavy atom. The van der Waals surface area contributed by atoms with E-state index in [1.807, 2.05) is 24.1 Å². The third kappa shape index (κ3) is 3.83. The summed E-state index contributed by atoms with van der Waals surface area (Å²) in [6, 6.07) is 5.47. The van der Waals surface area contributed by atoms with E-state index in [1.54, 1.807) is 6.07 Å². The van der Waals surface area contributed by atoms with Crippen LogP contribution in [-0.4, -0.2) is 37.5 Å². The number of hydrogen-bond donors (Lipinski definition) is 1.